The van der Waals surface area contributed by atoms with Crippen molar-refractivity contribution in [2.45, 2.75) is 19.8 Å². The monoisotopic (exact) mass is 466 g/mol. The van der Waals surface area contributed by atoms with Gasteiger partial charge in [-0.15, -0.1) is 13.2 Å². The molecule has 0 spiro atoms. The molecule has 0 saturated carbocycles. The molecule has 2 aromatic carbocycles. The number of para-hydroxylation sites is 2. The Morgan fingerprint density at radius 1 is 1.09 bits per heavy atom. The average Bonchev–Trinajstić information content (AvgIpc) is 2.75. The number of carbonyl (C=O) groups excluding carboxylic acids is 1. The molecule has 2 N–H and O–H groups in total. The minimum atomic E-state index is -4.90. The van der Waals surface area contributed by atoms with Crippen molar-refractivity contribution in [3.63, 3.8) is 0 Å². The van der Waals surface area contributed by atoms with Gasteiger partial charge in [0.25, 0.3) is 5.56 Å². The number of alkyl halides is 3. The van der Waals surface area contributed by atoms with Crippen LogP contribution in [0.5, 0.6) is 17.2 Å². The summed E-state index contributed by atoms with van der Waals surface area (Å²) in [6.45, 7) is 1.73. The van der Waals surface area contributed by atoms with Gasteiger partial charge in [-0.25, -0.2) is 9.78 Å². The van der Waals surface area contributed by atoms with E-state index in [-0.39, 0.29) is 24.3 Å². The first-order chi connectivity index (χ1) is 15.6. The van der Waals surface area contributed by atoms with E-state index >= 15 is 0 Å². The van der Waals surface area contributed by atoms with E-state index in [0.717, 1.165) is 6.07 Å². The summed E-state index contributed by atoms with van der Waals surface area (Å²) >= 11 is 0. The first-order valence-corrected chi connectivity index (χ1v) is 9.65. The Morgan fingerprint density at radius 3 is 2.42 bits per heavy atom. The zero-order valence-corrected chi connectivity index (χ0v) is 17.9. The fraction of sp³-hybridized carbons (Fsp3) is 0.286. The molecule has 0 aliphatic carbocycles. The molecule has 3 aromatic rings. The number of aromatic nitrogens is 2. The van der Waals surface area contributed by atoms with Gasteiger partial charge in [-0.2, -0.15) is 0 Å². The maximum Gasteiger partial charge on any atom is 0.573 e. The lowest BCUT2D eigenvalue weighted by molar-refractivity contribution is -0.274. The Kier molecular flexibility index (Phi) is 6.95. The highest BCUT2D eigenvalue weighted by atomic mass is 19.4. The van der Waals surface area contributed by atoms with Gasteiger partial charge in [-0.3, -0.25) is 9.36 Å². The second-order valence-corrected chi connectivity index (χ2v) is 6.77. The molecule has 0 aliphatic heterocycles. The van der Waals surface area contributed by atoms with Crippen molar-refractivity contribution >= 4 is 22.6 Å². The molecule has 1 aromatic heterocycles. The van der Waals surface area contributed by atoms with E-state index in [0.29, 0.717) is 28.2 Å². The first-order valence-electron chi connectivity index (χ1n) is 9.65. The number of carbonyl (C=O) groups is 1. The Balaban J connectivity index is 1.71. The molecule has 9 nitrogen and oxygen atoms in total. The second kappa shape index (κ2) is 9.67. The average molecular weight is 466 g/mol. The van der Waals surface area contributed by atoms with Gasteiger partial charge in [0.1, 0.15) is 5.82 Å². The van der Waals surface area contributed by atoms with Crippen LogP contribution in [-0.4, -0.2) is 42.7 Å². The van der Waals surface area contributed by atoms with E-state index in [1.807, 2.05) is 0 Å². The van der Waals surface area contributed by atoms with E-state index in [1.165, 1.54) is 43.1 Å². The summed E-state index contributed by atoms with van der Waals surface area (Å²) in [6.07, 6.45) is -4.90. The predicted molar refractivity (Wildman–Crippen MR) is 114 cm³/mol. The summed E-state index contributed by atoms with van der Waals surface area (Å²) in [7, 11) is 2.92. The zero-order chi connectivity index (χ0) is 24.2. The molecular formula is C21H21F3N4O5. The number of aryl methyl sites for hydroxylation is 1. The van der Waals surface area contributed by atoms with Gasteiger partial charge in [0, 0.05) is 19.2 Å². The van der Waals surface area contributed by atoms with Crippen LogP contribution in [0.3, 0.4) is 0 Å². The largest absolute Gasteiger partial charge is 0.573 e. The number of halogens is 3. The van der Waals surface area contributed by atoms with Gasteiger partial charge in [-0.1, -0.05) is 12.1 Å². The lowest BCUT2D eigenvalue weighted by Gasteiger charge is -2.15. The molecule has 0 aliphatic rings. The highest BCUT2D eigenvalue weighted by Gasteiger charge is 2.32. The quantitative estimate of drug-likeness (QED) is 0.553. The summed E-state index contributed by atoms with van der Waals surface area (Å²) < 4.78 is 53.3. The zero-order valence-electron chi connectivity index (χ0n) is 17.9. The Labute approximate surface area is 186 Å². The Hall–Kier alpha value is -3.96. The number of methoxy groups -OCH3 is 2. The topological polar surface area (TPSA) is 104 Å². The Morgan fingerprint density at radius 2 is 1.76 bits per heavy atom. The van der Waals surface area contributed by atoms with E-state index < -0.39 is 18.1 Å². The molecular weight excluding hydrogens is 445 g/mol. The molecule has 3 rings (SSSR count). The third-order valence-corrected chi connectivity index (χ3v) is 4.63. The molecule has 2 amide bonds. The van der Waals surface area contributed by atoms with Crippen molar-refractivity contribution in [1.29, 1.82) is 0 Å². The smallest absolute Gasteiger partial charge is 0.493 e. The summed E-state index contributed by atoms with van der Waals surface area (Å²) in [5.74, 6) is 0.667. The van der Waals surface area contributed by atoms with Gasteiger partial charge in [0.2, 0.25) is 0 Å². The van der Waals surface area contributed by atoms with Crippen LogP contribution < -0.4 is 30.4 Å². The van der Waals surface area contributed by atoms with Crippen LogP contribution in [0.25, 0.3) is 10.9 Å². The molecule has 0 fully saturated rings. The summed E-state index contributed by atoms with van der Waals surface area (Å²) in [5.41, 5.74) is -0.0722. The van der Waals surface area contributed by atoms with Gasteiger partial charge in [0.15, 0.2) is 17.2 Å². The van der Waals surface area contributed by atoms with Crippen molar-refractivity contribution in [3.05, 3.63) is 52.6 Å². The molecule has 176 valence electrons. The van der Waals surface area contributed by atoms with Gasteiger partial charge in [0.05, 0.1) is 30.8 Å². The van der Waals surface area contributed by atoms with E-state index in [9.17, 15) is 22.8 Å². The molecule has 33 heavy (non-hydrogen) atoms. The minimum absolute atomic E-state index is 0.00928. The third-order valence-electron chi connectivity index (χ3n) is 4.63. The first kappa shape index (κ1) is 23.7. The SMILES string of the molecule is COc1cc2nc(C)n(CCNC(=O)Nc3ccccc3OC(F)(F)F)c(=O)c2cc1OC. The maximum absolute atomic E-state index is 12.9. The Bertz CT molecular complexity index is 1230. The molecule has 0 radical (unpaired) electrons. The van der Waals surface area contributed by atoms with E-state index in [4.69, 9.17) is 9.47 Å². The number of rotatable bonds is 7. The lowest BCUT2D eigenvalue weighted by atomic mass is 10.2. The van der Waals surface area contributed by atoms with Crippen molar-refractivity contribution in [2.24, 2.45) is 0 Å². The van der Waals surface area contributed by atoms with Crippen molar-refractivity contribution in [2.75, 3.05) is 26.1 Å². The number of benzene rings is 2. The highest BCUT2D eigenvalue weighted by Crippen LogP contribution is 2.31. The fourth-order valence-corrected chi connectivity index (χ4v) is 3.15. The molecule has 0 bridgehead atoms. The number of hydrogen-bond acceptors (Lipinski definition) is 6. The second-order valence-electron chi connectivity index (χ2n) is 6.77. The van der Waals surface area contributed by atoms with Crippen molar-refractivity contribution in [1.82, 2.24) is 14.9 Å². The standard InChI is InChI=1S/C21H21F3N4O5/c1-12-26-15-11-18(32-3)17(31-2)10-13(15)19(29)28(12)9-8-25-20(30)27-14-6-4-5-7-16(14)33-21(22,23)24/h4-7,10-11H,8-9H2,1-3H3,(H2,25,27,30). The number of fused-ring (bicyclic) bond motifs is 1. The maximum atomic E-state index is 12.9. The van der Waals surface area contributed by atoms with Crippen LogP contribution in [0.2, 0.25) is 0 Å². The van der Waals surface area contributed by atoms with Gasteiger partial charge < -0.3 is 24.8 Å². The van der Waals surface area contributed by atoms with Crippen LogP contribution in [0, 0.1) is 6.92 Å². The molecule has 0 saturated heterocycles. The summed E-state index contributed by atoms with van der Waals surface area (Å²) in [6, 6.07) is 7.50. The number of nitrogens with zero attached hydrogens (tertiary/aromatic N) is 2. The molecule has 1 heterocycles. The number of ether oxygens (including phenoxy) is 3. The van der Waals surface area contributed by atoms with E-state index in [2.05, 4.69) is 20.4 Å². The van der Waals surface area contributed by atoms with E-state index in [1.54, 1.807) is 13.0 Å². The highest BCUT2D eigenvalue weighted by molar-refractivity contribution is 5.90. The number of nitrogens with one attached hydrogen (secondary N) is 2. The van der Waals surface area contributed by atoms with Crippen molar-refractivity contribution in [3.8, 4) is 17.2 Å². The van der Waals surface area contributed by atoms with Gasteiger partial charge >= 0.3 is 12.4 Å². The minimum Gasteiger partial charge on any atom is -0.493 e. The molecule has 12 heteroatoms. The van der Waals surface area contributed by atoms with Crippen molar-refractivity contribution < 1.29 is 32.2 Å². The fourth-order valence-electron chi connectivity index (χ4n) is 3.15. The third kappa shape index (κ3) is 5.64. The summed E-state index contributed by atoms with van der Waals surface area (Å²) in [5, 5.41) is 5.10. The number of amides is 2. The normalized spacial score (nSPS) is 11.2. The van der Waals surface area contributed by atoms with Crippen LogP contribution in [0.4, 0.5) is 23.7 Å². The molecule has 0 atom stereocenters. The van der Waals surface area contributed by atoms with Gasteiger partial charge in [-0.05, 0) is 25.1 Å². The van der Waals surface area contributed by atoms with Crippen LogP contribution in [0.1, 0.15) is 5.82 Å². The number of hydrogen-bond donors (Lipinski definition) is 2. The van der Waals surface area contributed by atoms with Crippen LogP contribution in [-0.2, 0) is 6.54 Å². The summed E-state index contributed by atoms with van der Waals surface area (Å²) in [4.78, 5) is 29.5. The predicted octanol–water partition coefficient (Wildman–Crippen LogP) is 3.44. The number of urea groups is 1. The number of anilines is 1. The lowest BCUT2D eigenvalue weighted by Crippen LogP contribution is -2.35. The van der Waals surface area contributed by atoms with Crippen LogP contribution >= 0.6 is 0 Å². The molecule has 0 unspecified atom stereocenters. The van der Waals surface area contributed by atoms with Crippen LogP contribution in [0.15, 0.2) is 41.2 Å².